The van der Waals surface area contributed by atoms with Gasteiger partial charge in [0.1, 0.15) is 0 Å². The van der Waals surface area contributed by atoms with Crippen LogP contribution >= 0.6 is 0 Å². The molecule has 0 saturated heterocycles. The van der Waals surface area contributed by atoms with E-state index in [0.29, 0.717) is 18.5 Å². The van der Waals surface area contributed by atoms with Crippen LogP contribution in [0, 0.1) is 0 Å². The van der Waals surface area contributed by atoms with Crippen LogP contribution in [0.4, 0.5) is 0 Å². The van der Waals surface area contributed by atoms with Gasteiger partial charge in [0, 0.05) is 12.1 Å². The minimum atomic E-state index is -0.621. The molecule has 0 bridgehead atoms. The molecule has 1 amide bonds. The Morgan fingerprint density at radius 1 is 0.778 bits per heavy atom. The summed E-state index contributed by atoms with van der Waals surface area (Å²) in [5.74, 6) is -0.114. The predicted octanol–water partition coefficient (Wildman–Crippen LogP) is 4.85. The Morgan fingerprint density at radius 3 is 2.15 bits per heavy atom. The zero-order chi connectivity index (χ0) is 18.6. The Labute approximate surface area is 158 Å². The summed E-state index contributed by atoms with van der Waals surface area (Å²) in [5, 5.41) is 17.7. The van der Waals surface area contributed by atoms with Gasteiger partial charge in [0.2, 0.25) is 0 Å². The van der Waals surface area contributed by atoms with Crippen LogP contribution in [0.1, 0.15) is 28.4 Å². The van der Waals surface area contributed by atoms with E-state index in [1.165, 1.54) is 0 Å². The van der Waals surface area contributed by atoms with Crippen LogP contribution < -0.4 is 5.32 Å². The molecule has 0 saturated carbocycles. The maximum atomic E-state index is 12.6. The maximum Gasteiger partial charge on any atom is 0.251 e. The van der Waals surface area contributed by atoms with Crippen molar-refractivity contribution >= 4 is 27.5 Å². The molecule has 2 N–H and O–H groups in total. The van der Waals surface area contributed by atoms with Gasteiger partial charge in [-0.15, -0.1) is 0 Å². The monoisotopic (exact) mass is 355 g/mol. The summed E-state index contributed by atoms with van der Waals surface area (Å²) < 4.78 is 0. The molecule has 0 aliphatic rings. The number of carbonyl (C=O) groups is 1. The molecule has 1 atom stereocenters. The predicted molar refractivity (Wildman–Crippen MR) is 110 cm³/mol. The largest absolute Gasteiger partial charge is 0.388 e. The van der Waals surface area contributed by atoms with Gasteiger partial charge >= 0.3 is 0 Å². The highest BCUT2D eigenvalue weighted by molar-refractivity contribution is 6.07. The van der Waals surface area contributed by atoms with Crippen molar-refractivity contribution in [3.63, 3.8) is 0 Å². The number of hydrogen-bond donors (Lipinski definition) is 2. The van der Waals surface area contributed by atoms with Gasteiger partial charge < -0.3 is 10.4 Å². The number of rotatable bonds is 5. The molecule has 1 unspecified atom stereocenters. The highest BCUT2D eigenvalue weighted by Crippen LogP contribution is 2.26. The Kier molecular flexibility index (Phi) is 4.86. The van der Waals surface area contributed by atoms with Crippen molar-refractivity contribution in [3.05, 3.63) is 96.1 Å². The molecule has 3 nitrogen and oxygen atoms in total. The highest BCUT2D eigenvalue weighted by Gasteiger charge is 2.13. The third kappa shape index (κ3) is 3.55. The van der Waals surface area contributed by atoms with Crippen molar-refractivity contribution in [2.24, 2.45) is 0 Å². The Balaban J connectivity index is 1.45. The third-order valence-corrected chi connectivity index (χ3v) is 4.92. The Hall–Kier alpha value is -3.17. The van der Waals surface area contributed by atoms with Crippen LogP contribution in [0.2, 0.25) is 0 Å². The summed E-state index contributed by atoms with van der Waals surface area (Å²) in [6.45, 7) is 0.409. The molecule has 0 aliphatic heterocycles. The lowest BCUT2D eigenvalue weighted by Crippen LogP contribution is -2.25. The van der Waals surface area contributed by atoms with Crippen molar-refractivity contribution in [1.29, 1.82) is 0 Å². The molecule has 0 aromatic heterocycles. The van der Waals surface area contributed by atoms with Gasteiger partial charge in [-0.25, -0.2) is 0 Å². The molecule has 4 rings (SSSR count). The standard InChI is InChI=1S/C24H21NO2/c26-23(21-13-5-9-17-7-1-3-11-19(17)21)15-16-25-24(27)22-14-6-10-18-8-2-4-12-20(18)22/h1-14,23,26H,15-16H2,(H,25,27). The Bertz CT molecular complexity index is 1090. The van der Waals surface area contributed by atoms with E-state index >= 15 is 0 Å². The van der Waals surface area contributed by atoms with Gasteiger partial charge in [-0.1, -0.05) is 78.9 Å². The van der Waals surface area contributed by atoms with Crippen molar-refractivity contribution in [1.82, 2.24) is 5.32 Å². The van der Waals surface area contributed by atoms with Crippen molar-refractivity contribution in [2.75, 3.05) is 6.54 Å². The first-order valence-corrected chi connectivity index (χ1v) is 9.16. The minimum Gasteiger partial charge on any atom is -0.388 e. The third-order valence-electron chi connectivity index (χ3n) is 4.92. The van der Waals surface area contributed by atoms with Gasteiger partial charge in [0.15, 0.2) is 0 Å². The zero-order valence-electron chi connectivity index (χ0n) is 14.9. The number of hydrogen-bond acceptors (Lipinski definition) is 2. The Morgan fingerprint density at radius 2 is 1.37 bits per heavy atom. The molecule has 3 heteroatoms. The summed E-state index contributed by atoms with van der Waals surface area (Å²) in [7, 11) is 0. The van der Waals surface area contributed by atoms with Gasteiger partial charge in [0.25, 0.3) is 5.91 Å². The number of aliphatic hydroxyl groups is 1. The lowest BCUT2D eigenvalue weighted by molar-refractivity contribution is 0.0944. The first-order valence-electron chi connectivity index (χ1n) is 9.16. The summed E-state index contributed by atoms with van der Waals surface area (Å²) in [5.41, 5.74) is 1.56. The average Bonchev–Trinajstić information content (AvgIpc) is 2.72. The van der Waals surface area contributed by atoms with E-state index < -0.39 is 6.10 Å². The van der Waals surface area contributed by atoms with E-state index in [9.17, 15) is 9.90 Å². The van der Waals surface area contributed by atoms with Crippen LogP contribution in [-0.4, -0.2) is 17.6 Å². The second-order valence-corrected chi connectivity index (χ2v) is 6.66. The molecule has 4 aromatic carbocycles. The van der Waals surface area contributed by atoms with Gasteiger partial charge in [-0.2, -0.15) is 0 Å². The molecule has 0 fully saturated rings. The van der Waals surface area contributed by atoms with Crippen LogP contribution in [0.5, 0.6) is 0 Å². The number of benzene rings is 4. The molecule has 134 valence electrons. The van der Waals surface area contributed by atoms with E-state index in [1.54, 1.807) is 0 Å². The summed E-state index contributed by atoms with van der Waals surface area (Å²) >= 11 is 0. The normalized spacial score (nSPS) is 12.2. The fourth-order valence-corrected chi connectivity index (χ4v) is 3.54. The quantitative estimate of drug-likeness (QED) is 0.538. The first-order chi connectivity index (χ1) is 13.2. The molecule has 0 radical (unpaired) electrons. The maximum absolute atomic E-state index is 12.6. The van der Waals surface area contributed by atoms with Gasteiger partial charge in [0.05, 0.1) is 6.10 Å². The van der Waals surface area contributed by atoms with E-state index in [1.807, 2.05) is 84.9 Å². The van der Waals surface area contributed by atoms with E-state index in [4.69, 9.17) is 0 Å². The van der Waals surface area contributed by atoms with Crippen LogP contribution in [0.15, 0.2) is 84.9 Å². The molecular formula is C24H21NO2. The van der Waals surface area contributed by atoms with Gasteiger partial charge in [-0.3, -0.25) is 4.79 Å². The first kappa shape index (κ1) is 17.3. The van der Waals surface area contributed by atoms with Crippen LogP contribution in [-0.2, 0) is 0 Å². The smallest absolute Gasteiger partial charge is 0.251 e. The molecule has 0 spiro atoms. The number of aliphatic hydroxyl groups excluding tert-OH is 1. The number of nitrogens with one attached hydrogen (secondary N) is 1. The van der Waals surface area contributed by atoms with Crippen molar-refractivity contribution in [3.8, 4) is 0 Å². The SMILES string of the molecule is O=C(NCCC(O)c1cccc2ccccc12)c1cccc2ccccc12. The number of fused-ring (bicyclic) bond motifs is 2. The number of carbonyl (C=O) groups excluding carboxylic acids is 1. The topological polar surface area (TPSA) is 49.3 Å². The lowest BCUT2D eigenvalue weighted by Gasteiger charge is -2.14. The molecule has 0 aliphatic carbocycles. The molecule has 27 heavy (non-hydrogen) atoms. The van der Waals surface area contributed by atoms with E-state index in [0.717, 1.165) is 27.1 Å². The van der Waals surface area contributed by atoms with Crippen molar-refractivity contribution in [2.45, 2.75) is 12.5 Å². The summed E-state index contributed by atoms with van der Waals surface area (Å²) in [6, 6.07) is 27.5. The van der Waals surface area contributed by atoms with Gasteiger partial charge in [-0.05, 0) is 39.6 Å². The van der Waals surface area contributed by atoms with E-state index in [-0.39, 0.29) is 5.91 Å². The summed E-state index contributed by atoms with van der Waals surface area (Å²) in [4.78, 5) is 12.6. The molecule has 0 heterocycles. The lowest BCUT2D eigenvalue weighted by atomic mass is 9.98. The second-order valence-electron chi connectivity index (χ2n) is 6.66. The zero-order valence-corrected chi connectivity index (χ0v) is 14.9. The highest BCUT2D eigenvalue weighted by atomic mass is 16.3. The fraction of sp³-hybridized carbons (Fsp3) is 0.125. The van der Waals surface area contributed by atoms with Crippen LogP contribution in [0.3, 0.4) is 0 Å². The molecule has 4 aromatic rings. The number of amides is 1. The van der Waals surface area contributed by atoms with Crippen LogP contribution in [0.25, 0.3) is 21.5 Å². The van der Waals surface area contributed by atoms with Crippen molar-refractivity contribution < 1.29 is 9.90 Å². The average molecular weight is 355 g/mol. The van der Waals surface area contributed by atoms with E-state index in [2.05, 4.69) is 5.32 Å². The second kappa shape index (κ2) is 7.60. The fourth-order valence-electron chi connectivity index (χ4n) is 3.54. The molecular weight excluding hydrogens is 334 g/mol. The minimum absolute atomic E-state index is 0.114. The summed E-state index contributed by atoms with van der Waals surface area (Å²) in [6.07, 6.45) is -0.159.